The molecule has 0 spiro atoms. The van der Waals surface area contributed by atoms with Gasteiger partial charge in [-0.05, 0) is 37.5 Å². The van der Waals surface area contributed by atoms with Crippen molar-refractivity contribution in [3.63, 3.8) is 0 Å². The maximum absolute atomic E-state index is 10.3. The quantitative estimate of drug-likeness (QED) is 0.799. The van der Waals surface area contributed by atoms with Crippen molar-refractivity contribution in [3.8, 4) is 5.75 Å². The minimum Gasteiger partial charge on any atom is -0.491 e. The first-order valence-corrected chi connectivity index (χ1v) is 6.25. The van der Waals surface area contributed by atoms with Gasteiger partial charge in [0, 0.05) is 6.54 Å². The van der Waals surface area contributed by atoms with E-state index in [1.165, 1.54) is 0 Å². The standard InChI is InChI=1S/C14H23NO2/c1-4-11(3)17-13-8-6-7-12(9-13)14(16,5-2)10-15/h6-9,11,16H,4-5,10,15H2,1-3H3/t11?,14-/m1/s1. The summed E-state index contributed by atoms with van der Waals surface area (Å²) in [7, 11) is 0. The molecule has 0 saturated heterocycles. The van der Waals surface area contributed by atoms with Crippen molar-refractivity contribution in [2.75, 3.05) is 6.54 Å². The highest BCUT2D eigenvalue weighted by molar-refractivity contribution is 5.32. The lowest BCUT2D eigenvalue weighted by Gasteiger charge is -2.26. The number of hydrogen-bond acceptors (Lipinski definition) is 3. The molecule has 1 aromatic rings. The minimum atomic E-state index is -0.950. The van der Waals surface area contributed by atoms with Crippen LogP contribution in [0.25, 0.3) is 0 Å². The van der Waals surface area contributed by atoms with E-state index in [1.54, 1.807) is 0 Å². The van der Waals surface area contributed by atoms with Crippen molar-refractivity contribution in [1.29, 1.82) is 0 Å². The van der Waals surface area contributed by atoms with Gasteiger partial charge in [0.2, 0.25) is 0 Å². The molecule has 96 valence electrons. The topological polar surface area (TPSA) is 55.5 Å². The smallest absolute Gasteiger partial charge is 0.120 e. The van der Waals surface area contributed by atoms with Crippen LogP contribution in [0.3, 0.4) is 0 Å². The molecular weight excluding hydrogens is 214 g/mol. The van der Waals surface area contributed by atoms with Crippen LogP contribution in [0.2, 0.25) is 0 Å². The van der Waals surface area contributed by atoms with E-state index in [0.29, 0.717) is 6.42 Å². The predicted molar refractivity (Wildman–Crippen MR) is 70.1 cm³/mol. The summed E-state index contributed by atoms with van der Waals surface area (Å²) in [5, 5.41) is 10.3. The van der Waals surface area contributed by atoms with Crippen LogP contribution < -0.4 is 10.5 Å². The SMILES string of the molecule is CCC(C)Oc1cccc([C@@](O)(CC)CN)c1. The Balaban J connectivity index is 2.92. The summed E-state index contributed by atoms with van der Waals surface area (Å²) in [6.07, 6.45) is 1.73. The largest absolute Gasteiger partial charge is 0.491 e. The molecule has 0 amide bonds. The molecule has 1 unspecified atom stereocenters. The summed E-state index contributed by atoms with van der Waals surface area (Å²) in [6, 6.07) is 7.56. The highest BCUT2D eigenvalue weighted by Gasteiger charge is 2.25. The molecule has 0 heterocycles. The second-order valence-corrected chi connectivity index (χ2v) is 4.45. The summed E-state index contributed by atoms with van der Waals surface area (Å²) < 4.78 is 5.74. The summed E-state index contributed by atoms with van der Waals surface area (Å²) in [6.45, 7) is 6.25. The van der Waals surface area contributed by atoms with Crippen LogP contribution in [0, 0.1) is 0 Å². The van der Waals surface area contributed by atoms with Gasteiger partial charge in [-0.2, -0.15) is 0 Å². The van der Waals surface area contributed by atoms with Crippen LogP contribution in [0.5, 0.6) is 5.75 Å². The van der Waals surface area contributed by atoms with E-state index in [2.05, 4.69) is 6.92 Å². The van der Waals surface area contributed by atoms with Gasteiger partial charge < -0.3 is 15.6 Å². The van der Waals surface area contributed by atoms with Crippen LogP contribution in [-0.4, -0.2) is 17.8 Å². The van der Waals surface area contributed by atoms with E-state index in [1.807, 2.05) is 38.1 Å². The number of hydrogen-bond donors (Lipinski definition) is 2. The van der Waals surface area contributed by atoms with Crippen molar-refractivity contribution in [3.05, 3.63) is 29.8 Å². The molecule has 0 aliphatic carbocycles. The third-order valence-electron chi connectivity index (χ3n) is 3.21. The van der Waals surface area contributed by atoms with Crippen LogP contribution >= 0.6 is 0 Å². The average Bonchev–Trinajstić information content (AvgIpc) is 2.38. The molecule has 1 aromatic carbocycles. The molecule has 0 aromatic heterocycles. The lowest BCUT2D eigenvalue weighted by atomic mass is 9.91. The van der Waals surface area contributed by atoms with Crippen molar-refractivity contribution < 1.29 is 9.84 Å². The molecule has 3 heteroatoms. The number of benzene rings is 1. The fraction of sp³-hybridized carbons (Fsp3) is 0.571. The van der Waals surface area contributed by atoms with Gasteiger partial charge in [0.25, 0.3) is 0 Å². The number of ether oxygens (including phenoxy) is 1. The fourth-order valence-electron chi connectivity index (χ4n) is 1.64. The second-order valence-electron chi connectivity index (χ2n) is 4.45. The predicted octanol–water partition coefficient (Wildman–Crippen LogP) is 2.42. The van der Waals surface area contributed by atoms with E-state index in [9.17, 15) is 5.11 Å². The fourth-order valence-corrected chi connectivity index (χ4v) is 1.64. The Bertz CT molecular complexity index is 348. The maximum Gasteiger partial charge on any atom is 0.120 e. The van der Waals surface area contributed by atoms with E-state index in [0.717, 1.165) is 17.7 Å². The molecule has 0 fully saturated rings. The van der Waals surface area contributed by atoms with E-state index in [-0.39, 0.29) is 12.6 Å². The van der Waals surface area contributed by atoms with Gasteiger partial charge in [-0.3, -0.25) is 0 Å². The van der Waals surface area contributed by atoms with Crippen molar-refractivity contribution in [2.24, 2.45) is 5.73 Å². The van der Waals surface area contributed by atoms with E-state index < -0.39 is 5.60 Å². The van der Waals surface area contributed by atoms with Crippen LogP contribution in [-0.2, 0) is 5.60 Å². The van der Waals surface area contributed by atoms with Gasteiger partial charge in [-0.25, -0.2) is 0 Å². The Morgan fingerprint density at radius 1 is 1.41 bits per heavy atom. The Kier molecular flexibility index (Phi) is 4.97. The Morgan fingerprint density at radius 2 is 2.12 bits per heavy atom. The number of nitrogens with two attached hydrogens (primary N) is 1. The second kappa shape index (κ2) is 6.03. The lowest BCUT2D eigenvalue weighted by molar-refractivity contribution is 0.0414. The molecule has 2 atom stereocenters. The van der Waals surface area contributed by atoms with Crippen LogP contribution in [0.15, 0.2) is 24.3 Å². The van der Waals surface area contributed by atoms with Crippen LogP contribution in [0.1, 0.15) is 39.2 Å². The summed E-state index contributed by atoms with van der Waals surface area (Å²) in [5.74, 6) is 0.789. The molecule has 0 radical (unpaired) electrons. The Hall–Kier alpha value is -1.06. The number of rotatable bonds is 6. The zero-order chi connectivity index (χ0) is 12.9. The average molecular weight is 237 g/mol. The Morgan fingerprint density at radius 3 is 2.65 bits per heavy atom. The van der Waals surface area contributed by atoms with Crippen molar-refractivity contribution >= 4 is 0 Å². The molecule has 3 nitrogen and oxygen atoms in total. The molecule has 0 saturated carbocycles. The summed E-state index contributed by atoms with van der Waals surface area (Å²) >= 11 is 0. The molecular formula is C14H23NO2. The van der Waals surface area contributed by atoms with Gasteiger partial charge in [0.1, 0.15) is 11.4 Å². The molecule has 0 bridgehead atoms. The Labute approximate surface area is 104 Å². The zero-order valence-electron chi connectivity index (χ0n) is 10.9. The number of aliphatic hydroxyl groups is 1. The molecule has 0 aliphatic rings. The van der Waals surface area contributed by atoms with Gasteiger partial charge in [-0.1, -0.05) is 26.0 Å². The lowest BCUT2D eigenvalue weighted by Crippen LogP contribution is -2.34. The van der Waals surface area contributed by atoms with Gasteiger partial charge in [0.05, 0.1) is 6.10 Å². The van der Waals surface area contributed by atoms with E-state index >= 15 is 0 Å². The third kappa shape index (κ3) is 3.45. The van der Waals surface area contributed by atoms with Gasteiger partial charge in [0.15, 0.2) is 0 Å². The van der Waals surface area contributed by atoms with Gasteiger partial charge >= 0.3 is 0 Å². The highest BCUT2D eigenvalue weighted by Crippen LogP contribution is 2.27. The highest BCUT2D eigenvalue weighted by atomic mass is 16.5. The molecule has 17 heavy (non-hydrogen) atoms. The monoisotopic (exact) mass is 237 g/mol. The first-order chi connectivity index (χ1) is 8.05. The van der Waals surface area contributed by atoms with Crippen LogP contribution in [0.4, 0.5) is 0 Å². The summed E-state index contributed by atoms with van der Waals surface area (Å²) in [4.78, 5) is 0. The van der Waals surface area contributed by atoms with Crippen molar-refractivity contribution in [1.82, 2.24) is 0 Å². The first-order valence-electron chi connectivity index (χ1n) is 6.25. The summed E-state index contributed by atoms with van der Waals surface area (Å²) in [5.41, 5.74) is 5.51. The minimum absolute atomic E-state index is 0.179. The molecule has 3 N–H and O–H groups in total. The van der Waals surface area contributed by atoms with Crippen molar-refractivity contribution in [2.45, 2.75) is 45.3 Å². The van der Waals surface area contributed by atoms with Gasteiger partial charge in [-0.15, -0.1) is 0 Å². The third-order valence-corrected chi connectivity index (χ3v) is 3.21. The molecule has 0 aliphatic heterocycles. The molecule has 1 rings (SSSR count). The van der Waals surface area contributed by atoms with E-state index in [4.69, 9.17) is 10.5 Å². The maximum atomic E-state index is 10.3. The zero-order valence-corrected chi connectivity index (χ0v) is 10.9. The first kappa shape index (κ1) is 14.0. The normalized spacial score (nSPS) is 16.3.